The van der Waals surface area contributed by atoms with E-state index in [1.807, 2.05) is 0 Å². The van der Waals surface area contributed by atoms with Crippen molar-refractivity contribution in [3.05, 3.63) is 101 Å². The first-order chi connectivity index (χ1) is 14.3. The van der Waals surface area contributed by atoms with Crippen molar-refractivity contribution < 1.29 is 9.90 Å². The fourth-order valence-corrected chi connectivity index (χ4v) is 3.47. The van der Waals surface area contributed by atoms with E-state index in [1.54, 1.807) is 25.2 Å². The van der Waals surface area contributed by atoms with Gasteiger partial charge in [0, 0.05) is 18.8 Å². The standard InChI is InChI=1S/C26H32N2O2/c1-7-10-23(26(29)30)24(9-3)28-16-25-22-12-11-20(14-21(22)15-27-25)19(6)18(5)13-17(4)8-2/h7,9-14,25,27-28H,3-4,6,8,15-16H2,1-2,5H3,(H,29,30)/b10-7-,18-13-,24-23-/t25-/m1/s1. The second-order valence-corrected chi connectivity index (χ2v) is 7.38. The molecule has 0 spiro atoms. The molecule has 30 heavy (non-hydrogen) atoms. The number of benzene rings is 1. The van der Waals surface area contributed by atoms with E-state index in [0.717, 1.165) is 35.2 Å². The summed E-state index contributed by atoms with van der Waals surface area (Å²) in [6.07, 6.45) is 7.84. The minimum absolute atomic E-state index is 0.0921. The van der Waals surface area contributed by atoms with E-state index in [-0.39, 0.29) is 11.6 Å². The number of carboxylic acid groups (broad SMARTS) is 1. The molecule has 1 atom stereocenters. The predicted molar refractivity (Wildman–Crippen MR) is 126 cm³/mol. The second kappa shape index (κ2) is 10.6. The molecule has 1 heterocycles. The average Bonchev–Trinajstić information content (AvgIpc) is 3.14. The van der Waals surface area contributed by atoms with E-state index < -0.39 is 5.97 Å². The van der Waals surface area contributed by atoms with Gasteiger partial charge in [-0.3, -0.25) is 0 Å². The highest BCUT2D eigenvalue weighted by Gasteiger charge is 2.23. The Balaban J connectivity index is 2.18. The number of allylic oxidation sites excluding steroid dienone is 6. The summed E-state index contributed by atoms with van der Waals surface area (Å²) in [4.78, 5) is 11.5. The van der Waals surface area contributed by atoms with Gasteiger partial charge in [0.15, 0.2) is 0 Å². The van der Waals surface area contributed by atoms with Crippen LogP contribution in [0.1, 0.15) is 49.9 Å². The normalized spacial score (nSPS) is 16.8. The van der Waals surface area contributed by atoms with Gasteiger partial charge >= 0.3 is 5.97 Å². The summed E-state index contributed by atoms with van der Waals surface area (Å²) in [5.74, 6) is -0.979. The number of carboxylic acids is 1. The van der Waals surface area contributed by atoms with Crippen molar-refractivity contribution in [3.63, 3.8) is 0 Å². The maximum absolute atomic E-state index is 11.5. The Morgan fingerprint density at radius 3 is 2.70 bits per heavy atom. The van der Waals surface area contributed by atoms with Crippen LogP contribution in [-0.4, -0.2) is 17.6 Å². The molecule has 4 nitrogen and oxygen atoms in total. The molecule has 0 bridgehead atoms. The Labute approximate surface area is 180 Å². The van der Waals surface area contributed by atoms with Gasteiger partial charge in [-0.25, -0.2) is 4.79 Å². The lowest BCUT2D eigenvalue weighted by molar-refractivity contribution is -0.132. The van der Waals surface area contributed by atoms with Crippen molar-refractivity contribution in [1.82, 2.24) is 10.6 Å². The summed E-state index contributed by atoms with van der Waals surface area (Å²) in [5.41, 5.74) is 7.48. The predicted octanol–water partition coefficient (Wildman–Crippen LogP) is 5.45. The summed E-state index contributed by atoms with van der Waals surface area (Å²) < 4.78 is 0. The molecule has 0 saturated carbocycles. The lowest BCUT2D eigenvalue weighted by atomic mass is 9.94. The molecule has 0 fully saturated rings. The van der Waals surface area contributed by atoms with Crippen LogP contribution in [0.5, 0.6) is 0 Å². The van der Waals surface area contributed by atoms with Crippen LogP contribution in [-0.2, 0) is 11.3 Å². The summed E-state index contributed by atoms with van der Waals surface area (Å²) >= 11 is 0. The molecule has 1 aliphatic rings. The second-order valence-electron chi connectivity index (χ2n) is 7.38. The Hall–Kier alpha value is -3.11. The Bertz CT molecular complexity index is 948. The minimum atomic E-state index is -0.979. The largest absolute Gasteiger partial charge is 0.478 e. The van der Waals surface area contributed by atoms with Gasteiger partial charge in [-0.1, -0.05) is 56.5 Å². The van der Waals surface area contributed by atoms with Crippen molar-refractivity contribution in [2.75, 3.05) is 6.54 Å². The molecule has 4 heteroatoms. The van der Waals surface area contributed by atoms with E-state index in [0.29, 0.717) is 12.2 Å². The smallest absolute Gasteiger partial charge is 0.337 e. The van der Waals surface area contributed by atoms with Gasteiger partial charge in [-0.2, -0.15) is 0 Å². The SMILES string of the molecule is C=C/C(NC[C@H]1NCc2cc(C(=C)/C(C)=C\C(=C)CC)ccc21)=C(\C=C/C)C(=O)O. The molecular formula is C26H32N2O2. The highest BCUT2D eigenvalue weighted by molar-refractivity contribution is 5.91. The van der Waals surface area contributed by atoms with E-state index >= 15 is 0 Å². The zero-order chi connectivity index (χ0) is 22.3. The first kappa shape index (κ1) is 23.2. The van der Waals surface area contributed by atoms with Crippen molar-refractivity contribution in [3.8, 4) is 0 Å². The van der Waals surface area contributed by atoms with E-state index in [9.17, 15) is 9.90 Å². The quantitative estimate of drug-likeness (QED) is 0.359. The first-order valence-corrected chi connectivity index (χ1v) is 10.2. The molecular weight excluding hydrogens is 372 g/mol. The Morgan fingerprint density at radius 1 is 1.37 bits per heavy atom. The van der Waals surface area contributed by atoms with Crippen LogP contribution in [0.2, 0.25) is 0 Å². The maximum atomic E-state index is 11.5. The van der Waals surface area contributed by atoms with Gasteiger partial charge in [-0.05, 0) is 66.3 Å². The Kier molecular flexibility index (Phi) is 8.19. The van der Waals surface area contributed by atoms with Crippen LogP contribution >= 0.6 is 0 Å². The fourth-order valence-electron chi connectivity index (χ4n) is 3.47. The van der Waals surface area contributed by atoms with E-state index in [4.69, 9.17) is 0 Å². The third kappa shape index (κ3) is 5.49. The van der Waals surface area contributed by atoms with E-state index in [2.05, 4.69) is 68.5 Å². The van der Waals surface area contributed by atoms with Crippen LogP contribution in [0.15, 0.2) is 84.7 Å². The number of rotatable bonds is 10. The lowest BCUT2D eigenvalue weighted by Crippen LogP contribution is -2.27. The number of nitrogens with one attached hydrogen (secondary N) is 2. The van der Waals surface area contributed by atoms with Crippen LogP contribution in [0, 0.1) is 0 Å². The molecule has 3 N–H and O–H groups in total. The van der Waals surface area contributed by atoms with Gasteiger partial charge in [-0.15, -0.1) is 0 Å². The highest BCUT2D eigenvalue weighted by Crippen LogP contribution is 2.30. The summed E-state index contributed by atoms with van der Waals surface area (Å²) in [6.45, 7) is 19.3. The maximum Gasteiger partial charge on any atom is 0.337 e. The molecule has 158 valence electrons. The number of hydrogen-bond donors (Lipinski definition) is 3. The molecule has 1 aromatic rings. The monoisotopic (exact) mass is 404 g/mol. The fraction of sp³-hybridized carbons (Fsp3) is 0.269. The van der Waals surface area contributed by atoms with Gasteiger partial charge in [0.05, 0.1) is 11.6 Å². The zero-order valence-electron chi connectivity index (χ0n) is 18.2. The molecule has 2 rings (SSSR count). The van der Waals surface area contributed by atoms with Crippen LogP contribution < -0.4 is 10.6 Å². The van der Waals surface area contributed by atoms with Crippen molar-refractivity contribution >= 4 is 11.5 Å². The van der Waals surface area contributed by atoms with Gasteiger partial charge < -0.3 is 15.7 Å². The zero-order valence-corrected chi connectivity index (χ0v) is 18.2. The van der Waals surface area contributed by atoms with Crippen LogP contribution in [0.4, 0.5) is 0 Å². The van der Waals surface area contributed by atoms with Crippen molar-refractivity contribution in [2.24, 2.45) is 0 Å². The molecule has 0 aromatic heterocycles. The van der Waals surface area contributed by atoms with Crippen LogP contribution in [0.3, 0.4) is 0 Å². The number of hydrogen-bond acceptors (Lipinski definition) is 3. The van der Waals surface area contributed by atoms with Crippen LogP contribution in [0.25, 0.3) is 5.57 Å². The first-order valence-electron chi connectivity index (χ1n) is 10.2. The summed E-state index contributed by atoms with van der Waals surface area (Å²) in [5, 5.41) is 16.2. The minimum Gasteiger partial charge on any atom is -0.478 e. The number of fused-ring (bicyclic) bond motifs is 1. The molecule has 0 radical (unpaired) electrons. The van der Waals surface area contributed by atoms with Gasteiger partial charge in [0.25, 0.3) is 0 Å². The highest BCUT2D eigenvalue weighted by atomic mass is 16.4. The number of aliphatic carboxylic acids is 1. The molecule has 0 saturated heterocycles. The lowest BCUT2D eigenvalue weighted by Gasteiger charge is -2.16. The van der Waals surface area contributed by atoms with Gasteiger partial charge in [0.2, 0.25) is 0 Å². The summed E-state index contributed by atoms with van der Waals surface area (Å²) in [6, 6.07) is 6.50. The third-order valence-electron chi connectivity index (χ3n) is 5.31. The molecule has 0 aliphatic carbocycles. The Morgan fingerprint density at radius 2 is 2.10 bits per heavy atom. The third-order valence-corrected chi connectivity index (χ3v) is 5.31. The van der Waals surface area contributed by atoms with Crippen molar-refractivity contribution in [2.45, 2.75) is 39.8 Å². The van der Waals surface area contributed by atoms with E-state index in [1.165, 1.54) is 11.1 Å². The average molecular weight is 405 g/mol. The number of carbonyl (C=O) groups is 1. The van der Waals surface area contributed by atoms with Crippen molar-refractivity contribution in [1.29, 1.82) is 0 Å². The molecule has 0 unspecified atom stereocenters. The molecule has 1 aliphatic heterocycles. The summed E-state index contributed by atoms with van der Waals surface area (Å²) in [7, 11) is 0. The molecule has 0 amide bonds. The topological polar surface area (TPSA) is 61.4 Å². The van der Waals surface area contributed by atoms with Gasteiger partial charge in [0.1, 0.15) is 0 Å². The molecule has 1 aromatic carbocycles.